The Morgan fingerprint density at radius 1 is 1.11 bits per heavy atom. The number of oxime groups is 1. The van der Waals surface area contributed by atoms with Crippen molar-refractivity contribution in [1.29, 1.82) is 0 Å². The van der Waals surface area contributed by atoms with Gasteiger partial charge in [0.05, 0.1) is 30.3 Å². The number of aromatic nitrogens is 3. The van der Waals surface area contributed by atoms with Gasteiger partial charge in [-0.1, -0.05) is 26.8 Å². The fourth-order valence-electron chi connectivity index (χ4n) is 3.99. The maximum atomic E-state index is 11.8. The number of hydrogen-bond donors (Lipinski definition) is 1. The summed E-state index contributed by atoms with van der Waals surface area (Å²) in [5, 5.41) is 9.06. The number of fused-ring (bicyclic) bond motifs is 2. The molecule has 3 aromatic heterocycles. The summed E-state index contributed by atoms with van der Waals surface area (Å²) in [6, 6.07) is 8.12. The highest BCUT2D eigenvalue weighted by molar-refractivity contribution is 6.74. The third-order valence-corrected chi connectivity index (χ3v) is 11.4. The summed E-state index contributed by atoms with van der Waals surface area (Å²) in [7, 11) is -0.661. The number of methoxy groups -OCH3 is 1. The minimum atomic E-state index is -1.98. The van der Waals surface area contributed by atoms with Crippen LogP contribution in [0.4, 0.5) is 11.4 Å². The number of esters is 1. The van der Waals surface area contributed by atoms with Gasteiger partial charge in [0.15, 0.2) is 17.2 Å². The molecule has 1 aliphatic rings. The number of carbonyl (C=O) groups excluding carboxylic acids is 1. The number of aryl methyl sites for hydroxylation is 1. The van der Waals surface area contributed by atoms with E-state index in [1.54, 1.807) is 12.4 Å². The normalized spacial score (nSPS) is 14.5. The topological polar surface area (TPSA) is 112 Å². The molecule has 38 heavy (non-hydrogen) atoms. The van der Waals surface area contributed by atoms with Gasteiger partial charge in [-0.15, -0.1) is 5.16 Å². The molecule has 0 radical (unpaired) electrons. The van der Waals surface area contributed by atoms with E-state index in [9.17, 15) is 4.79 Å². The van der Waals surface area contributed by atoms with Crippen LogP contribution < -0.4 is 5.32 Å². The lowest BCUT2D eigenvalue weighted by molar-refractivity contribution is 0.0599. The van der Waals surface area contributed by atoms with Crippen molar-refractivity contribution < 1.29 is 18.5 Å². The van der Waals surface area contributed by atoms with Crippen LogP contribution in [0, 0.1) is 0 Å². The molecule has 0 fully saturated rings. The number of rotatable bonds is 6. The molecule has 0 saturated heterocycles. The molecule has 196 valence electrons. The van der Waals surface area contributed by atoms with E-state index in [1.165, 1.54) is 25.1 Å². The number of carbonyl (C=O) groups is 1. The van der Waals surface area contributed by atoms with Gasteiger partial charge in [-0.25, -0.2) is 14.8 Å². The van der Waals surface area contributed by atoms with Gasteiger partial charge in [0.1, 0.15) is 0 Å². The zero-order chi connectivity index (χ0) is 27.1. The minimum absolute atomic E-state index is 0.0935. The number of hydrogen-bond acceptors (Lipinski definition) is 9. The van der Waals surface area contributed by atoms with Crippen LogP contribution in [0.25, 0.3) is 22.6 Å². The number of nitrogens with zero attached hydrogens (tertiary/aromatic N) is 4. The monoisotopic (exact) mass is 529 g/mol. The van der Waals surface area contributed by atoms with Crippen molar-refractivity contribution in [3.05, 3.63) is 65.7 Å². The van der Waals surface area contributed by atoms with Crippen LogP contribution >= 0.6 is 0 Å². The van der Waals surface area contributed by atoms with Crippen molar-refractivity contribution in [1.82, 2.24) is 15.0 Å². The third kappa shape index (κ3) is 4.79. The van der Waals surface area contributed by atoms with Crippen LogP contribution in [0.15, 0.2) is 58.6 Å². The number of pyridine rings is 1. The Hall–Kier alpha value is -4.05. The minimum Gasteiger partial charge on any atom is -0.465 e. The molecular weight excluding hydrogens is 498 g/mol. The molecule has 9 nitrogen and oxygen atoms in total. The van der Waals surface area contributed by atoms with Crippen molar-refractivity contribution >= 4 is 42.3 Å². The van der Waals surface area contributed by atoms with Gasteiger partial charge in [0, 0.05) is 35.2 Å². The van der Waals surface area contributed by atoms with Crippen molar-refractivity contribution in [2.75, 3.05) is 12.4 Å². The van der Waals surface area contributed by atoms with Gasteiger partial charge in [-0.3, -0.25) is 4.98 Å². The van der Waals surface area contributed by atoms with Gasteiger partial charge >= 0.3 is 5.97 Å². The Morgan fingerprint density at radius 3 is 2.58 bits per heavy atom. The van der Waals surface area contributed by atoms with E-state index in [1.807, 2.05) is 12.1 Å². The third-order valence-electron chi connectivity index (χ3n) is 7.28. The van der Waals surface area contributed by atoms with Gasteiger partial charge in [-0.05, 0) is 54.7 Å². The van der Waals surface area contributed by atoms with E-state index in [0.717, 1.165) is 40.9 Å². The molecule has 5 rings (SSSR count). The van der Waals surface area contributed by atoms with E-state index < -0.39 is 14.3 Å². The maximum absolute atomic E-state index is 11.8. The molecule has 1 aromatic carbocycles. The first kappa shape index (κ1) is 25.6. The molecule has 1 N–H and O–H groups in total. The van der Waals surface area contributed by atoms with Gasteiger partial charge < -0.3 is 19.0 Å². The van der Waals surface area contributed by atoms with E-state index in [-0.39, 0.29) is 10.6 Å². The predicted octanol–water partition coefficient (Wildman–Crippen LogP) is 6.49. The summed E-state index contributed by atoms with van der Waals surface area (Å²) in [6.45, 7) is 11.0. The summed E-state index contributed by atoms with van der Waals surface area (Å²) in [6.07, 6.45) is 7.95. The molecule has 0 unspecified atom stereocenters. The molecule has 0 aliphatic heterocycles. The second-order valence-electron chi connectivity index (χ2n) is 10.9. The average Bonchev–Trinajstić information content (AvgIpc) is 3.47. The lowest BCUT2D eigenvalue weighted by Gasteiger charge is -2.33. The molecule has 0 saturated carbocycles. The van der Waals surface area contributed by atoms with Crippen LogP contribution in [-0.2, 0) is 15.7 Å². The number of anilines is 2. The Bertz CT molecular complexity index is 1540. The summed E-state index contributed by atoms with van der Waals surface area (Å²) < 4.78 is 17.0. The molecule has 10 heteroatoms. The lowest BCUT2D eigenvalue weighted by atomic mass is 10.1. The fraction of sp³-hybridized carbons (Fsp3) is 0.321. The second kappa shape index (κ2) is 9.68. The Labute approximate surface area is 222 Å². The Morgan fingerprint density at radius 2 is 1.87 bits per heavy atom. The molecule has 4 aromatic rings. The molecule has 0 spiro atoms. The first-order valence-electron chi connectivity index (χ1n) is 12.5. The van der Waals surface area contributed by atoms with Crippen molar-refractivity contribution in [3.8, 4) is 11.6 Å². The molecule has 0 amide bonds. The zero-order valence-electron chi connectivity index (χ0n) is 22.5. The summed E-state index contributed by atoms with van der Waals surface area (Å²) >= 11 is 0. The number of ether oxygens (including phenoxy) is 1. The standard InChI is InChI=1S/C28H31N5O4Si/c1-28(2,3)38(5,6)37-33-22-10-7-17-13-19(8-9-20(17)22)32-24-21-11-12-29-16-23(21)36-25(24)26-30-14-18(15-31-26)27(34)35-4/h8-9,11-16,32H,7,10H2,1-6H3/b33-22-. The highest BCUT2D eigenvalue weighted by Crippen LogP contribution is 2.39. The molecule has 0 atom stereocenters. The molecule has 1 aliphatic carbocycles. The summed E-state index contributed by atoms with van der Waals surface area (Å²) in [5.41, 5.74) is 5.82. The van der Waals surface area contributed by atoms with Crippen molar-refractivity contribution in [2.24, 2.45) is 5.16 Å². The molecule has 0 bridgehead atoms. The zero-order valence-corrected chi connectivity index (χ0v) is 23.5. The molecular formula is C28H31N5O4Si. The second-order valence-corrected chi connectivity index (χ2v) is 15.6. The summed E-state index contributed by atoms with van der Waals surface area (Å²) in [5.74, 6) is 0.295. The van der Waals surface area contributed by atoms with Crippen LogP contribution in [0.5, 0.6) is 0 Å². The van der Waals surface area contributed by atoms with Gasteiger partial charge in [0.2, 0.25) is 0 Å². The first-order chi connectivity index (χ1) is 18.1. The van der Waals surface area contributed by atoms with Crippen molar-refractivity contribution in [3.63, 3.8) is 0 Å². The van der Waals surface area contributed by atoms with Crippen LogP contribution in [0.1, 0.15) is 48.7 Å². The SMILES string of the molecule is COC(=O)c1cnc(-c2oc3cnccc3c2Nc2ccc3c(c2)CC/C3=N/O[Si](C)(C)C(C)(C)C)nc1. The smallest absolute Gasteiger partial charge is 0.341 e. The highest BCUT2D eigenvalue weighted by atomic mass is 28.4. The van der Waals surface area contributed by atoms with E-state index in [4.69, 9.17) is 13.7 Å². The Balaban J connectivity index is 1.45. The number of furan rings is 1. The average molecular weight is 530 g/mol. The number of nitrogens with one attached hydrogen (secondary N) is 1. The maximum Gasteiger partial charge on any atom is 0.341 e. The largest absolute Gasteiger partial charge is 0.465 e. The van der Waals surface area contributed by atoms with E-state index in [0.29, 0.717) is 17.2 Å². The number of benzene rings is 1. The lowest BCUT2D eigenvalue weighted by Crippen LogP contribution is -2.39. The molecule has 3 heterocycles. The Kier molecular flexibility index (Phi) is 6.52. The fourth-order valence-corrected chi connectivity index (χ4v) is 4.61. The van der Waals surface area contributed by atoms with Gasteiger partial charge in [-0.2, -0.15) is 0 Å². The predicted molar refractivity (Wildman–Crippen MR) is 149 cm³/mol. The van der Waals surface area contributed by atoms with E-state index >= 15 is 0 Å². The van der Waals surface area contributed by atoms with Crippen LogP contribution in [0.3, 0.4) is 0 Å². The van der Waals surface area contributed by atoms with E-state index in [2.05, 4.69) is 71.4 Å². The highest BCUT2D eigenvalue weighted by Gasteiger charge is 2.40. The van der Waals surface area contributed by atoms with Crippen LogP contribution in [-0.4, -0.2) is 42.1 Å². The quantitative estimate of drug-likeness (QED) is 0.171. The van der Waals surface area contributed by atoms with Crippen molar-refractivity contribution in [2.45, 2.75) is 51.7 Å². The first-order valence-corrected chi connectivity index (χ1v) is 15.4. The summed E-state index contributed by atoms with van der Waals surface area (Å²) in [4.78, 5) is 24.7. The van der Waals surface area contributed by atoms with Gasteiger partial charge in [0.25, 0.3) is 8.32 Å². The van der Waals surface area contributed by atoms with Crippen LogP contribution in [0.2, 0.25) is 18.1 Å².